The quantitative estimate of drug-likeness (QED) is 0.745. The molecule has 0 radical (unpaired) electrons. The highest BCUT2D eigenvalue weighted by molar-refractivity contribution is 7.99. The van der Waals surface area contributed by atoms with Gasteiger partial charge < -0.3 is 9.84 Å². The third-order valence-corrected chi connectivity index (χ3v) is 6.50. The number of rotatable bonds is 5. The van der Waals surface area contributed by atoms with Gasteiger partial charge in [-0.25, -0.2) is 4.79 Å². The SMILES string of the molecule is CCc1c(NC(=O)O)ccc2c1N(C(=O)CCN1CCOCC1)c1ccccc1S2. The Labute approximate surface area is 180 Å². The summed E-state index contributed by atoms with van der Waals surface area (Å²) < 4.78 is 5.40. The monoisotopic (exact) mass is 427 g/mol. The van der Waals surface area contributed by atoms with Gasteiger partial charge in [0.15, 0.2) is 0 Å². The predicted octanol–water partition coefficient (Wildman–Crippen LogP) is 4.19. The van der Waals surface area contributed by atoms with Crippen molar-refractivity contribution in [3.8, 4) is 0 Å². The second-order valence-electron chi connectivity index (χ2n) is 7.23. The minimum Gasteiger partial charge on any atom is -0.465 e. The zero-order chi connectivity index (χ0) is 21.1. The largest absolute Gasteiger partial charge is 0.465 e. The summed E-state index contributed by atoms with van der Waals surface area (Å²) in [5, 5.41) is 11.7. The van der Waals surface area contributed by atoms with E-state index in [0.29, 0.717) is 38.3 Å². The molecular weight excluding hydrogens is 402 g/mol. The minimum absolute atomic E-state index is 0.0117. The fourth-order valence-electron chi connectivity index (χ4n) is 3.95. The summed E-state index contributed by atoms with van der Waals surface area (Å²) >= 11 is 1.61. The molecule has 2 aromatic carbocycles. The molecular formula is C22H25N3O4S. The molecule has 0 atom stereocenters. The first-order chi connectivity index (χ1) is 14.6. The highest BCUT2D eigenvalue weighted by Crippen LogP contribution is 2.51. The molecule has 2 amide bonds. The summed E-state index contributed by atoms with van der Waals surface area (Å²) in [4.78, 5) is 30.8. The van der Waals surface area contributed by atoms with Crippen molar-refractivity contribution < 1.29 is 19.4 Å². The van der Waals surface area contributed by atoms with E-state index < -0.39 is 6.09 Å². The number of hydrogen-bond donors (Lipinski definition) is 2. The molecule has 0 saturated carbocycles. The number of carboxylic acid groups (broad SMARTS) is 1. The van der Waals surface area contributed by atoms with Crippen molar-refractivity contribution in [1.29, 1.82) is 0 Å². The van der Waals surface area contributed by atoms with Crippen LogP contribution in [-0.2, 0) is 16.0 Å². The van der Waals surface area contributed by atoms with Crippen molar-refractivity contribution in [2.75, 3.05) is 43.1 Å². The molecule has 8 heteroatoms. The van der Waals surface area contributed by atoms with Gasteiger partial charge in [0.25, 0.3) is 0 Å². The second kappa shape index (κ2) is 9.07. The summed E-state index contributed by atoms with van der Waals surface area (Å²) in [6.45, 7) is 5.73. The molecule has 0 aromatic heterocycles. The molecule has 0 spiro atoms. The van der Waals surface area contributed by atoms with Crippen LogP contribution >= 0.6 is 11.8 Å². The first kappa shape index (κ1) is 20.7. The Bertz CT molecular complexity index is 959. The molecule has 0 bridgehead atoms. The Morgan fingerprint density at radius 2 is 1.90 bits per heavy atom. The summed E-state index contributed by atoms with van der Waals surface area (Å²) in [6, 6.07) is 11.5. The van der Waals surface area contributed by atoms with E-state index in [1.54, 1.807) is 22.7 Å². The van der Waals surface area contributed by atoms with Crippen molar-refractivity contribution in [3.63, 3.8) is 0 Å². The molecule has 2 aromatic rings. The van der Waals surface area contributed by atoms with Crippen molar-refractivity contribution in [1.82, 2.24) is 4.90 Å². The van der Waals surface area contributed by atoms with Crippen LogP contribution < -0.4 is 10.2 Å². The van der Waals surface area contributed by atoms with Gasteiger partial charge in [-0.2, -0.15) is 0 Å². The second-order valence-corrected chi connectivity index (χ2v) is 8.31. The average Bonchev–Trinajstić information content (AvgIpc) is 2.76. The number of nitrogens with one attached hydrogen (secondary N) is 1. The van der Waals surface area contributed by atoms with Crippen LogP contribution in [0.2, 0.25) is 0 Å². The van der Waals surface area contributed by atoms with Gasteiger partial charge in [0.2, 0.25) is 5.91 Å². The van der Waals surface area contributed by atoms with Gasteiger partial charge in [0.1, 0.15) is 0 Å². The Morgan fingerprint density at radius 1 is 1.13 bits per heavy atom. The maximum atomic E-state index is 13.5. The van der Waals surface area contributed by atoms with E-state index in [2.05, 4.69) is 10.2 Å². The highest BCUT2D eigenvalue weighted by atomic mass is 32.2. The average molecular weight is 428 g/mol. The molecule has 7 nitrogen and oxygen atoms in total. The molecule has 0 aliphatic carbocycles. The summed E-state index contributed by atoms with van der Waals surface area (Å²) in [6.07, 6.45) is -0.119. The third kappa shape index (κ3) is 4.16. The Balaban J connectivity index is 1.71. The van der Waals surface area contributed by atoms with Gasteiger partial charge in [-0.15, -0.1) is 0 Å². The van der Waals surface area contributed by atoms with Gasteiger partial charge in [-0.1, -0.05) is 30.8 Å². The molecule has 0 unspecified atom stereocenters. The lowest BCUT2D eigenvalue weighted by molar-refractivity contribution is -0.118. The number of carbonyl (C=O) groups excluding carboxylic acids is 1. The molecule has 158 valence electrons. The number of ether oxygens (including phenoxy) is 1. The topological polar surface area (TPSA) is 82.1 Å². The van der Waals surface area contributed by atoms with E-state index in [1.165, 1.54) is 0 Å². The van der Waals surface area contributed by atoms with Gasteiger partial charge in [0.05, 0.1) is 24.6 Å². The molecule has 2 aliphatic heterocycles. The summed E-state index contributed by atoms with van der Waals surface area (Å²) in [5.41, 5.74) is 3.00. The zero-order valence-corrected chi connectivity index (χ0v) is 17.7. The number of hydrogen-bond acceptors (Lipinski definition) is 5. The fraction of sp³-hybridized carbons (Fsp3) is 0.364. The molecule has 4 rings (SSSR count). The van der Waals surface area contributed by atoms with E-state index in [1.807, 2.05) is 37.3 Å². The third-order valence-electron chi connectivity index (χ3n) is 5.39. The number of morpholine rings is 1. The van der Waals surface area contributed by atoms with Crippen LogP contribution in [-0.4, -0.2) is 54.9 Å². The van der Waals surface area contributed by atoms with Gasteiger partial charge in [-0.05, 0) is 30.7 Å². The lowest BCUT2D eigenvalue weighted by Crippen LogP contribution is -2.39. The number of amides is 2. The number of para-hydroxylation sites is 1. The van der Waals surface area contributed by atoms with Crippen molar-refractivity contribution >= 4 is 40.8 Å². The lowest BCUT2D eigenvalue weighted by atomic mass is 10.0. The molecule has 30 heavy (non-hydrogen) atoms. The molecule has 2 N–H and O–H groups in total. The molecule has 2 aliphatic rings. The van der Waals surface area contributed by atoms with E-state index in [4.69, 9.17) is 4.74 Å². The van der Waals surface area contributed by atoms with Crippen LogP contribution in [0.1, 0.15) is 18.9 Å². The number of carbonyl (C=O) groups is 2. The van der Waals surface area contributed by atoms with Crippen LogP contribution in [0.4, 0.5) is 21.9 Å². The first-order valence-electron chi connectivity index (χ1n) is 10.1. The Morgan fingerprint density at radius 3 is 2.63 bits per heavy atom. The summed E-state index contributed by atoms with van der Waals surface area (Å²) in [5.74, 6) is 0.0117. The number of fused-ring (bicyclic) bond motifs is 2. The standard InChI is InChI=1S/C22H25N3O4S/c1-2-15-16(23-22(27)28)7-8-19-21(15)25(17-5-3-4-6-18(17)30-19)20(26)9-10-24-11-13-29-14-12-24/h3-8,23H,2,9-14H2,1H3,(H,27,28). The van der Waals surface area contributed by atoms with E-state index >= 15 is 0 Å². The van der Waals surface area contributed by atoms with Crippen LogP contribution in [0.3, 0.4) is 0 Å². The lowest BCUT2D eigenvalue weighted by Gasteiger charge is -2.34. The van der Waals surface area contributed by atoms with Crippen molar-refractivity contribution in [2.24, 2.45) is 0 Å². The van der Waals surface area contributed by atoms with Gasteiger partial charge in [-0.3, -0.25) is 19.9 Å². The van der Waals surface area contributed by atoms with Gasteiger partial charge >= 0.3 is 6.09 Å². The first-order valence-corrected chi connectivity index (χ1v) is 11.0. The molecule has 2 heterocycles. The number of nitrogens with zero attached hydrogens (tertiary/aromatic N) is 2. The normalized spacial score (nSPS) is 16.0. The molecule has 1 fully saturated rings. The maximum Gasteiger partial charge on any atom is 0.409 e. The summed E-state index contributed by atoms with van der Waals surface area (Å²) in [7, 11) is 0. The van der Waals surface area contributed by atoms with Gasteiger partial charge in [0, 0.05) is 47.1 Å². The van der Waals surface area contributed by atoms with Crippen LogP contribution in [0, 0.1) is 0 Å². The number of benzene rings is 2. The van der Waals surface area contributed by atoms with Crippen molar-refractivity contribution in [3.05, 3.63) is 42.0 Å². The van der Waals surface area contributed by atoms with Crippen LogP contribution in [0.15, 0.2) is 46.2 Å². The fourth-order valence-corrected chi connectivity index (χ4v) is 5.04. The van der Waals surface area contributed by atoms with Crippen LogP contribution in [0.25, 0.3) is 0 Å². The van der Waals surface area contributed by atoms with E-state index in [0.717, 1.165) is 39.8 Å². The minimum atomic E-state index is -1.11. The Kier molecular flexibility index (Phi) is 6.26. The van der Waals surface area contributed by atoms with E-state index in [9.17, 15) is 14.7 Å². The predicted molar refractivity (Wildman–Crippen MR) is 117 cm³/mol. The smallest absolute Gasteiger partial charge is 0.409 e. The Hall–Kier alpha value is -2.55. The zero-order valence-electron chi connectivity index (χ0n) is 16.9. The maximum absolute atomic E-state index is 13.5. The molecule has 1 saturated heterocycles. The van der Waals surface area contributed by atoms with Crippen LogP contribution in [0.5, 0.6) is 0 Å². The number of anilines is 3. The highest BCUT2D eigenvalue weighted by Gasteiger charge is 2.31. The van der Waals surface area contributed by atoms with E-state index in [-0.39, 0.29) is 5.91 Å². The van der Waals surface area contributed by atoms with Crippen molar-refractivity contribution in [2.45, 2.75) is 29.6 Å².